The zero-order chi connectivity index (χ0) is 15.8. The molecule has 7 heteroatoms. The van der Waals surface area contributed by atoms with Gasteiger partial charge in [-0.05, 0) is 26.0 Å². The fourth-order valence-electron chi connectivity index (χ4n) is 2.27. The first kappa shape index (κ1) is 16.3. The highest BCUT2D eigenvalue weighted by Gasteiger charge is 2.21. The maximum absolute atomic E-state index is 11.9. The largest absolute Gasteiger partial charge is 0.380 e. The van der Waals surface area contributed by atoms with Crippen LogP contribution in [0, 0.1) is 0 Å². The van der Waals surface area contributed by atoms with Crippen molar-refractivity contribution >= 4 is 32.5 Å². The third-order valence-corrected chi connectivity index (χ3v) is 4.69. The van der Waals surface area contributed by atoms with E-state index in [1.807, 2.05) is 24.5 Å². The van der Waals surface area contributed by atoms with Crippen LogP contribution >= 0.6 is 11.6 Å². The number of sulfone groups is 1. The van der Waals surface area contributed by atoms with Crippen LogP contribution in [-0.2, 0) is 21.1 Å². The quantitative estimate of drug-likeness (QED) is 0.791. The summed E-state index contributed by atoms with van der Waals surface area (Å²) in [5, 5.41) is -0.325. The normalized spacial score (nSPS) is 15.3. The van der Waals surface area contributed by atoms with Gasteiger partial charge in [-0.2, -0.15) is 0 Å². The molecule has 0 N–H and O–H groups in total. The van der Waals surface area contributed by atoms with E-state index in [-0.39, 0.29) is 16.4 Å². The van der Waals surface area contributed by atoms with E-state index in [1.54, 1.807) is 19.2 Å². The van der Waals surface area contributed by atoms with E-state index in [0.29, 0.717) is 17.9 Å². The molecule has 2 unspecified atom stereocenters. The van der Waals surface area contributed by atoms with Gasteiger partial charge in [0, 0.05) is 13.4 Å². The molecular formula is C14H19ClN2O3S. The molecule has 2 aromatic rings. The van der Waals surface area contributed by atoms with Crippen molar-refractivity contribution in [2.75, 3.05) is 13.4 Å². The number of alkyl halides is 1. The van der Waals surface area contributed by atoms with E-state index in [2.05, 4.69) is 4.98 Å². The topological polar surface area (TPSA) is 61.2 Å². The highest BCUT2D eigenvalue weighted by molar-refractivity contribution is 7.91. The van der Waals surface area contributed by atoms with Crippen LogP contribution < -0.4 is 0 Å². The molecule has 0 saturated heterocycles. The first-order valence-electron chi connectivity index (χ1n) is 6.61. The average Bonchev–Trinajstić information content (AvgIpc) is 2.76. The molecule has 0 radical (unpaired) electrons. The summed E-state index contributed by atoms with van der Waals surface area (Å²) in [6.45, 7) is 4.32. The molecule has 0 aliphatic rings. The molecule has 1 aromatic carbocycles. The smallest absolute Gasteiger partial charge is 0.177 e. The SMILES string of the molecule is COC(C)Cn1c(C(C)Cl)nc2c(S(C)(=O)=O)cccc21. The van der Waals surface area contributed by atoms with E-state index in [1.165, 1.54) is 6.26 Å². The Labute approximate surface area is 129 Å². The number of benzene rings is 1. The third kappa shape index (κ3) is 3.22. The Morgan fingerprint density at radius 2 is 2.05 bits per heavy atom. The minimum atomic E-state index is -3.34. The number of methoxy groups -OCH3 is 1. The number of fused-ring (bicyclic) bond motifs is 1. The van der Waals surface area contributed by atoms with Crippen LogP contribution in [-0.4, -0.2) is 37.4 Å². The first-order chi connectivity index (χ1) is 9.75. The Bertz CT molecular complexity index is 753. The molecule has 0 spiro atoms. The zero-order valence-electron chi connectivity index (χ0n) is 12.5. The van der Waals surface area contributed by atoms with E-state index >= 15 is 0 Å². The van der Waals surface area contributed by atoms with Crippen molar-refractivity contribution < 1.29 is 13.2 Å². The van der Waals surface area contributed by atoms with Gasteiger partial charge in [-0.25, -0.2) is 13.4 Å². The summed E-state index contributed by atoms with van der Waals surface area (Å²) in [4.78, 5) is 4.69. The molecular weight excluding hydrogens is 312 g/mol. The number of aromatic nitrogens is 2. The van der Waals surface area contributed by atoms with Crippen molar-refractivity contribution in [3.63, 3.8) is 0 Å². The van der Waals surface area contributed by atoms with Gasteiger partial charge in [0.15, 0.2) is 9.84 Å². The Kier molecular flexibility index (Phi) is 4.60. The number of hydrogen-bond donors (Lipinski definition) is 0. The fraction of sp³-hybridized carbons (Fsp3) is 0.500. The van der Waals surface area contributed by atoms with Gasteiger partial charge in [0.25, 0.3) is 0 Å². The molecule has 0 bridgehead atoms. The standard InChI is InChI=1S/C14H19ClN2O3S/c1-9(20-3)8-17-11-6-5-7-12(21(4,18)19)13(11)16-14(17)10(2)15/h5-7,9-10H,8H2,1-4H3. The van der Waals surface area contributed by atoms with E-state index < -0.39 is 9.84 Å². The van der Waals surface area contributed by atoms with Gasteiger partial charge in [-0.3, -0.25) is 0 Å². The minimum Gasteiger partial charge on any atom is -0.380 e. The lowest BCUT2D eigenvalue weighted by Crippen LogP contribution is -2.17. The first-order valence-corrected chi connectivity index (χ1v) is 8.94. The maximum Gasteiger partial charge on any atom is 0.177 e. The number of para-hydroxylation sites is 1. The van der Waals surface area contributed by atoms with Crippen LogP contribution in [0.1, 0.15) is 25.0 Å². The summed E-state index contributed by atoms with van der Waals surface area (Å²) in [7, 11) is -1.71. The predicted molar refractivity (Wildman–Crippen MR) is 83.6 cm³/mol. The molecule has 1 aromatic heterocycles. The van der Waals surface area contributed by atoms with Crippen LogP contribution in [0.5, 0.6) is 0 Å². The summed E-state index contributed by atoms with van der Waals surface area (Å²) in [6, 6.07) is 5.14. The van der Waals surface area contributed by atoms with E-state index in [9.17, 15) is 8.42 Å². The lowest BCUT2D eigenvalue weighted by atomic mass is 10.3. The summed E-state index contributed by atoms with van der Waals surface area (Å²) < 4.78 is 31.0. The Morgan fingerprint density at radius 3 is 2.57 bits per heavy atom. The van der Waals surface area contributed by atoms with Gasteiger partial charge >= 0.3 is 0 Å². The monoisotopic (exact) mass is 330 g/mol. The van der Waals surface area contributed by atoms with Crippen LogP contribution in [0.2, 0.25) is 0 Å². The van der Waals surface area contributed by atoms with Crippen LogP contribution in [0.25, 0.3) is 11.0 Å². The van der Waals surface area contributed by atoms with Gasteiger partial charge in [0.2, 0.25) is 0 Å². The van der Waals surface area contributed by atoms with Crippen LogP contribution in [0.3, 0.4) is 0 Å². The zero-order valence-corrected chi connectivity index (χ0v) is 14.1. The molecule has 5 nitrogen and oxygen atoms in total. The second-order valence-electron chi connectivity index (χ2n) is 5.14. The molecule has 0 aliphatic carbocycles. The highest BCUT2D eigenvalue weighted by atomic mass is 35.5. The van der Waals surface area contributed by atoms with Crippen molar-refractivity contribution in [3.05, 3.63) is 24.0 Å². The number of hydrogen-bond acceptors (Lipinski definition) is 4. The molecule has 0 fully saturated rings. The van der Waals surface area contributed by atoms with Crippen molar-refractivity contribution in [3.8, 4) is 0 Å². The second kappa shape index (κ2) is 5.94. The molecule has 0 saturated carbocycles. The number of rotatable bonds is 5. The Hall–Kier alpha value is -1.11. The number of nitrogens with zero attached hydrogens (tertiary/aromatic N) is 2. The van der Waals surface area contributed by atoms with Crippen molar-refractivity contribution in [2.24, 2.45) is 0 Å². The summed E-state index contributed by atoms with van der Waals surface area (Å²) in [5.74, 6) is 0.645. The lowest BCUT2D eigenvalue weighted by Gasteiger charge is -2.15. The number of halogens is 1. The average molecular weight is 331 g/mol. The van der Waals surface area contributed by atoms with Gasteiger partial charge in [-0.1, -0.05) is 6.07 Å². The second-order valence-corrected chi connectivity index (χ2v) is 7.78. The molecule has 1 heterocycles. The predicted octanol–water partition coefficient (Wildman–Crippen LogP) is 2.77. The third-order valence-electron chi connectivity index (χ3n) is 3.37. The number of ether oxygens (including phenoxy) is 1. The molecule has 0 aliphatic heterocycles. The Balaban J connectivity index is 2.74. The maximum atomic E-state index is 11.9. The molecule has 2 rings (SSSR count). The van der Waals surface area contributed by atoms with Crippen LogP contribution in [0.4, 0.5) is 0 Å². The Morgan fingerprint density at radius 1 is 1.38 bits per heavy atom. The van der Waals surface area contributed by atoms with Crippen molar-refractivity contribution in [2.45, 2.75) is 36.8 Å². The molecule has 116 valence electrons. The van der Waals surface area contributed by atoms with Crippen molar-refractivity contribution in [1.29, 1.82) is 0 Å². The van der Waals surface area contributed by atoms with Gasteiger partial charge in [0.05, 0.1) is 28.4 Å². The lowest BCUT2D eigenvalue weighted by molar-refractivity contribution is 0.103. The van der Waals surface area contributed by atoms with Gasteiger partial charge < -0.3 is 9.30 Å². The van der Waals surface area contributed by atoms with Crippen molar-refractivity contribution in [1.82, 2.24) is 9.55 Å². The van der Waals surface area contributed by atoms with E-state index in [0.717, 1.165) is 5.52 Å². The van der Waals surface area contributed by atoms with Gasteiger partial charge in [-0.15, -0.1) is 11.6 Å². The van der Waals surface area contributed by atoms with E-state index in [4.69, 9.17) is 16.3 Å². The molecule has 2 atom stereocenters. The summed E-state index contributed by atoms with van der Waals surface area (Å²) in [5.41, 5.74) is 1.22. The van der Waals surface area contributed by atoms with Gasteiger partial charge in [0.1, 0.15) is 11.3 Å². The minimum absolute atomic E-state index is 0.0292. The highest BCUT2D eigenvalue weighted by Crippen LogP contribution is 2.29. The van der Waals surface area contributed by atoms with Crippen LogP contribution in [0.15, 0.2) is 23.1 Å². The molecule has 21 heavy (non-hydrogen) atoms. The molecule has 0 amide bonds. The summed E-state index contributed by atoms with van der Waals surface area (Å²) >= 11 is 6.20. The fourth-order valence-corrected chi connectivity index (χ4v) is 3.26. The summed E-state index contributed by atoms with van der Waals surface area (Å²) in [6.07, 6.45) is 1.15. The number of imidazole rings is 1.